The highest BCUT2D eigenvalue weighted by Crippen LogP contribution is 2.20. The highest BCUT2D eigenvalue weighted by atomic mass is 15.2. The van der Waals surface area contributed by atoms with Crippen molar-refractivity contribution in [3.05, 3.63) is 0 Å². The summed E-state index contributed by atoms with van der Waals surface area (Å²) in [5.41, 5.74) is 0.385. The first-order valence-corrected chi connectivity index (χ1v) is 5.98. The maximum atomic E-state index is 3.28. The molecular weight excluding hydrogens is 186 g/mol. The van der Waals surface area contributed by atoms with Crippen LogP contribution in [0.1, 0.15) is 20.3 Å². The summed E-state index contributed by atoms with van der Waals surface area (Å²) >= 11 is 0. The normalized spacial score (nSPS) is 24.0. The van der Waals surface area contributed by atoms with Crippen LogP contribution in [0, 0.1) is 5.41 Å². The summed E-state index contributed by atoms with van der Waals surface area (Å²) in [6.45, 7) is 9.48. The molecule has 0 bridgehead atoms. The number of nitrogens with one attached hydrogen (secondary N) is 1. The summed E-state index contributed by atoms with van der Waals surface area (Å²) in [5.74, 6) is 0. The van der Waals surface area contributed by atoms with E-state index in [9.17, 15) is 0 Å². The van der Waals surface area contributed by atoms with Gasteiger partial charge < -0.3 is 15.1 Å². The zero-order valence-corrected chi connectivity index (χ0v) is 11.0. The molecule has 0 aliphatic carbocycles. The van der Waals surface area contributed by atoms with Crippen molar-refractivity contribution >= 4 is 0 Å². The lowest BCUT2D eigenvalue weighted by molar-refractivity contribution is 0.192. The molecule has 90 valence electrons. The van der Waals surface area contributed by atoms with E-state index < -0.39 is 0 Å². The molecule has 1 aliphatic heterocycles. The maximum Gasteiger partial charge on any atom is 0.0229 e. The molecule has 0 radical (unpaired) electrons. The highest BCUT2D eigenvalue weighted by Gasteiger charge is 2.28. The van der Waals surface area contributed by atoms with Gasteiger partial charge in [-0.3, -0.25) is 0 Å². The molecule has 0 aromatic carbocycles. The Morgan fingerprint density at radius 3 is 2.53 bits per heavy atom. The lowest BCUT2D eigenvalue weighted by Crippen LogP contribution is -2.40. The number of likely N-dealkylation sites (tertiary alicyclic amines) is 1. The zero-order valence-electron chi connectivity index (χ0n) is 11.0. The predicted molar refractivity (Wildman–Crippen MR) is 66.2 cm³/mol. The van der Waals surface area contributed by atoms with E-state index in [0.29, 0.717) is 5.41 Å². The van der Waals surface area contributed by atoms with Crippen molar-refractivity contribution in [2.45, 2.75) is 26.3 Å². The van der Waals surface area contributed by atoms with Crippen LogP contribution in [0.25, 0.3) is 0 Å². The van der Waals surface area contributed by atoms with Crippen LogP contribution in [0.4, 0.5) is 0 Å². The number of likely N-dealkylation sites (N-methyl/N-ethyl adjacent to an activating group) is 1. The second-order valence-corrected chi connectivity index (χ2v) is 5.84. The molecule has 1 unspecified atom stereocenters. The Morgan fingerprint density at radius 2 is 2.07 bits per heavy atom. The predicted octanol–water partition coefficient (Wildman–Crippen LogP) is 0.868. The van der Waals surface area contributed by atoms with Gasteiger partial charge in [-0.2, -0.15) is 0 Å². The molecule has 1 heterocycles. The molecule has 0 amide bonds. The molecule has 1 N–H and O–H groups in total. The molecule has 0 aromatic rings. The first kappa shape index (κ1) is 12.9. The number of hydrogen-bond donors (Lipinski definition) is 1. The summed E-state index contributed by atoms with van der Waals surface area (Å²) in [6.07, 6.45) is 1.32. The molecule has 0 aromatic heterocycles. The second kappa shape index (κ2) is 5.28. The van der Waals surface area contributed by atoms with Crippen molar-refractivity contribution in [3.8, 4) is 0 Å². The van der Waals surface area contributed by atoms with Gasteiger partial charge in [-0.25, -0.2) is 0 Å². The van der Waals surface area contributed by atoms with Crippen molar-refractivity contribution in [2.24, 2.45) is 5.41 Å². The Morgan fingerprint density at radius 1 is 1.40 bits per heavy atom. The van der Waals surface area contributed by atoms with Crippen LogP contribution in [0.5, 0.6) is 0 Å². The van der Waals surface area contributed by atoms with Gasteiger partial charge in [0, 0.05) is 25.7 Å². The van der Waals surface area contributed by atoms with E-state index in [0.717, 1.165) is 12.6 Å². The van der Waals surface area contributed by atoms with E-state index in [1.54, 1.807) is 0 Å². The lowest BCUT2D eigenvalue weighted by Gasteiger charge is -2.30. The maximum absolute atomic E-state index is 3.28. The Hall–Kier alpha value is -0.120. The molecule has 15 heavy (non-hydrogen) atoms. The van der Waals surface area contributed by atoms with E-state index in [-0.39, 0.29) is 0 Å². The summed E-state index contributed by atoms with van der Waals surface area (Å²) < 4.78 is 0. The Labute approximate surface area is 94.8 Å². The second-order valence-electron chi connectivity index (χ2n) is 5.84. The van der Waals surface area contributed by atoms with Crippen molar-refractivity contribution < 1.29 is 0 Å². The molecule has 3 nitrogen and oxygen atoms in total. The van der Waals surface area contributed by atoms with Crippen molar-refractivity contribution in [2.75, 3.05) is 47.3 Å². The van der Waals surface area contributed by atoms with E-state index in [4.69, 9.17) is 0 Å². The SMILES string of the molecule is CNCC(C)(C)CN1CCC(N(C)C)C1. The van der Waals surface area contributed by atoms with Gasteiger partial charge in [-0.15, -0.1) is 0 Å². The molecular formula is C12H27N3. The van der Waals surface area contributed by atoms with Gasteiger partial charge in [0.15, 0.2) is 0 Å². The molecule has 1 saturated heterocycles. The molecule has 3 heteroatoms. The molecule has 1 atom stereocenters. The van der Waals surface area contributed by atoms with Crippen molar-refractivity contribution in [1.82, 2.24) is 15.1 Å². The highest BCUT2D eigenvalue weighted by molar-refractivity contribution is 4.84. The van der Waals surface area contributed by atoms with Crippen LogP contribution in [-0.2, 0) is 0 Å². The van der Waals surface area contributed by atoms with Gasteiger partial charge in [-0.05, 0) is 39.5 Å². The van der Waals surface area contributed by atoms with Gasteiger partial charge in [0.1, 0.15) is 0 Å². The smallest absolute Gasteiger partial charge is 0.0229 e. The van der Waals surface area contributed by atoms with Gasteiger partial charge >= 0.3 is 0 Å². The fraction of sp³-hybridized carbons (Fsp3) is 1.00. The summed E-state index contributed by atoms with van der Waals surface area (Å²) in [7, 11) is 6.41. The minimum atomic E-state index is 0.385. The molecule has 0 spiro atoms. The quantitative estimate of drug-likeness (QED) is 0.731. The first-order chi connectivity index (χ1) is 6.94. The first-order valence-electron chi connectivity index (χ1n) is 5.98. The van der Waals surface area contributed by atoms with Gasteiger partial charge in [-0.1, -0.05) is 13.8 Å². The van der Waals surface area contributed by atoms with Crippen LogP contribution < -0.4 is 5.32 Å². The summed E-state index contributed by atoms with van der Waals surface area (Å²) in [5, 5.41) is 3.28. The van der Waals surface area contributed by atoms with Crippen LogP contribution in [0.2, 0.25) is 0 Å². The molecule has 0 saturated carbocycles. The van der Waals surface area contributed by atoms with E-state index in [2.05, 4.69) is 43.1 Å². The Bertz CT molecular complexity index is 189. The zero-order chi connectivity index (χ0) is 11.5. The minimum absolute atomic E-state index is 0.385. The minimum Gasteiger partial charge on any atom is -0.319 e. The van der Waals surface area contributed by atoms with Crippen molar-refractivity contribution in [1.29, 1.82) is 0 Å². The molecule has 1 rings (SSSR count). The molecule has 1 aliphatic rings. The fourth-order valence-corrected chi connectivity index (χ4v) is 2.52. The van der Waals surface area contributed by atoms with E-state index in [1.807, 2.05) is 7.05 Å². The van der Waals surface area contributed by atoms with Gasteiger partial charge in [0.2, 0.25) is 0 Å². The topological polar surface area (TPSA) is 18.5 Å². The average molecular weight is 213 g/mol. The fourth-order valence-electron chi connectivity index (χ4n) is 2.52. The third-order valence-corrected chi connectivity index (χ3v) is 3.28. The van der Waals surface area contributed by atoms with Crippen LogP contribution in [0.3, 0.4) is 0 Å². The third-order valence-electron chi connectivity index (χ3n) is 3.28. The standard InChI is InChI=1S/C12H27N3/c1-12(2,9-13-3)10-15-7-6-11(8-15)14(4)5/h11,13H,6-10H2,1-5H3. The number of nitrogens with zero attached hydrogens (tertiary/aromatic N) is 2. The summed E-state index contributed by atoms with van der Waals surface area (Å²) in [4.78, 5) is 4.95. The Balaban J connectivity index is 2.35. The molecule has 1 fully saturated rings. The monoisotopic (exact) mass is 213 g/mol. The van der Waals surface area contributed by atoms with Gasteiger partial charge in [0.05, 0.1) is 0 Å². The van der Waals surface area contributed by atoms with Crippen LogP contribution in [0.15, 0.2) is 0 Å². The largest absolute Gasteiger partial charge is 0.319 e. The average Bonchev–Trinajstić information content (AvgIpc) is 2.51. The summed E-state index contributed by atoms with van der Waals surface area (Å²) in [6, 6.07) is 0.760. The van der Waals surface area contributed by atoms with Crippen molar-refractivity contribution in [3.63, 3.8) is 0 Å². The number of hydrogen-bond acceptors (Lipinski definition) is 3. The number of rotatable bonds is 5. The lowest BCUT2D eigenvalue weighted by atomic mass is 9.93. The van der Waals surface area contributed by atoms with Crippen LogP contribution in [-0.4, -0.2) is 63.2 Å². The van der Waals surface area contributed by atoms with E-state index in [1.165, 1.54) is 26.1 Å². The van der Waals surface area contributed by atoms with E-state index >= 15 is 0 Å². The van der Waals surface area contributed by atoms with Gasteiger partial charge in [0.25, 0.3) is 0 Å². The van der Waals surface area contributed by atoms with Crippen LogP contribution >= 0.6 is 0 Å². The Kier molecular flexibility index (Phi) is 4.56. The third kappa shape index (κ3) is 4.09.